The molecule has 1 nitrogen and oxygen atoms in total. The maximum Gasteiger partial charge on any atom is 0.200 e. The van der Waals surface area contributed by atoms with E-state index in [2.05, 4.69) is 19.1 Å². The number of ether oxygens (including phenoxy) is 1. The first-order valence-corrected chi connectivity index (χ1v) is 12.4. The average molecular weight is 417 g/mol. The molecule has 4 rings (SSSR count). The molecule has 0 aliphatic heterocycles. The number of benzene rings is 1. The minimum atomic E-state index is -0.819. The molecule has 3 heteroatoms. The fourth-order valence-corrected chi connectivity index (χ4v) is 6.45. The van der Waals surface area contributed by atoms with Gasteiger partial charge in [0, 0.05) is 0 Å². The highest BCUT2D eigenvalue weighted by molar-refractivity contribution is 5.33. The van der Waals surface area contributed by atoms with E-state index in [0.717, 1.165) is 55.3 Å². The van der Waals surface area contributed by atoms with Gasteiger partial charge in [0.2, 0.25) is 5.82 Å². The van der Waals surface area contributed by atoms with E-state index in [9.17, 15) is 8.78 Å². The second-order valence-corrected chi connectivity index (χ2v) is 10.1. The summed E-state index contributed by atoms with van der Waals surface area (Å²) in [5.41, 5.74) is 0.552. The maximum atomic E-state index is 14.6. The Kier molecular flexibility index (Phi) is 7.16. The summed E-state index contributed by atoms with van der Waals surface area (Å²) in [6.07, 6.45) is 17.5. The number of hydrogen-bond acceptors (Lipinski definition) is 1. The maximum absolute atomic E-state index is 14.6. The fraction of sp³-hybridized carbons (Fsp3) is 0.704. The number of allylic oxidation sites excluding steroid dienone is 2. The molecule has 1 aromatic carbocycles. The molecule has 0 N–H and O–H groups in total. The zero-order chi connectivity index (χ0) is 21.1. The standard InChI is InChI=1S/C27H38F2O/c1-3-30-25-17-16-24(26(28)27(25)29)23-14-12-22(13-15-23)21-10-8-20(9-11-21)19-6-4-18(2)5-7-19/h4,6,16-23H,3,5,7-15H2,1-2H3. The molecule has 2 fully saturated rings. The molecule has 2 unspecified atom stereocenters. The monoisotopic (exact) mass is 416 g/mol. The second-order valence-electron chi connectivity index (χ2n) is 10.1. The van der Waals surface area contributed by atoms with E-state index < -0.39 is 11.6 Å². The van der Waals surface area contributed by atoms with Crippen LogP contribution >= 0.6 is 0 Å². The molecule has 2 saturated carbocycles. The summed E-state index contributed by atoms with van der Waals surface area (Å²) in [4.78, 5) is 0. The van der Waals surface area contributed by atoms with Crippen LogP contribution in [-0.2, 0) is 0 Å². The predicted molar refractivity (Wildman–Crippen MR) is 119 cm³/mol. The lowest BCUT2D eigenvalue weighted by atomic mass is 9.66. The van der Waals surface area contributed by atoms with Crippen LogP contribution in [0.5, 0.6) is 5.75 Å². The lowest BCUT2D eigenvalue weighted by Crippen LogP contribution is -2.28. The zero-order valence-electron chi connectivity index (χ0n) is 18.7. The minimum Gasteiger partial charge on any atom is -0.491 e. The minimum absolute atomic E-state index is 0.0338. The highest BCUT2D eigenvalue weighted by Gasteiger charge is 2.34. The van der Waals surface area contributed by atoms with Crippen molar-refractivity contribution in [2.24, 2.45) is 29.6 Å². The lowest BCUT2D eigenvalue weighted by Gasteiger charge is -2.40. The third kappa shape index (κ3) is 4.75. The third-order valence-electron chi connectivity index (χ3n) is 8.32. The van der Waals surface area contributed by atoms with Gasteiger partial charge in [-0.25, -0.2) is 4.39 Å². The summed E-state index contributed by atoms with van der Waals surface area (Å²) in [6.45, 7) is 4.46. The molecule has 3 aliphatic carbocycles. The number of halogens is 2. The van der Waals surface area contributed by atoms with Crippen LogP contribution in [0.3, 0.4) is 0 Å². The molecule has 3 aliphatic rings. The molecule has 1 aromatic rings. The topological polar surface area (TPSA) is 9.23 Å². The summed E-state index contributed by atoms with van der Waals surface area (Å²) in [7, 11) is 0. The molecule has 0 spiro atoms. The van der Waals surface area contributed by atoms with Crippen LogP contribution in [0.4, 0.5) is 8.78 Å². The fourth-order valence-electron chi connectivity index (χ4n) is 6.45. The molecular formula is C27H38F2O. The number of hydrogen-bond donors (Lipinski definition) is 0. The Balaban J connectivity index is 1.28. The quantitative estimate of drug-likeness (QED) is 0.441. The first-order valence-electron chi connectivity index (χ1n) is 12.4. The van der Waals surface area contributed by atoms with Gasteiger partial charge in [0.25, 0.3) is 0 Å². The molecule has 0 aromatic heterocycles. The summed E-state index contributed by atoms with van der Waals surface area (Å²) in [5.74, 6) is 2.76. The van der Waals surface area contributed by atoms with E-state index >= 15 is 0 Å². The van der Waals surface area contributed by atoms with Crippen molar-refractivity contribution in [1.29, 1.82) is 0 Å². The van der Waals surface area contributed by atoms with E-state index in [4.69, 9.17) is 4.74 Å². The van der Waals surface area contributed by atoms with Gasteiger partial charge in [0.1, 0.15) is 0 Å². The van der Waals surface area contributed by atoms with E-state index in [-0.39, 0.29) is 11.7 Å². The van der Waals surface area contributed by atoms with E-state index in [0.29, 0.717) is 12.2 Å². The van der Waals surface area contributed by atoms with Crippen molar-refractivity contribution in [3.8, 4) is 5.75 Å². The summed E-state index contributed by atoms with van der Waals surface area (Å²) < 4.78 is 34.1. The largest absolute Gasteiger partial charge is 0.491 e. The first-order chi connectivity index (χ1) is 14.6. The first kappa shape index (κ1) is 21.8. The van der Waals surface area contributed by atoms with Crippen LogP contribution in [0.1, 0.15) is 89.5 Å². The van der Waals surface area contributed by atoms with Crippen molar-refractivity contribution in [2.45, 2.75) is 84.0 Å². The van der Waals surface area contributed by atoms with Gasteiger partial charge in [-0.15, -0.1) is 0 Å². The van der Waals surface area contributed by atoms with Crippen molar-refractivity contribution in [2.75, 3.05) is 6.61 Å². The molecule has 0 amide bonds. The molecule has 0 saturated heterocycles. The van der Waals surface area contributed by atoms with Gasteiger partial charge < -0.3 is 4.74 Å². The SMILES string of the molecule is CCOc1ccc(C2CCC(C3CCC(C4C=CC(C)CC4)CC3)CC2)c(F)c1F. The third-order valence-corrected chi connectivity index (χ3v) is 8.32. The van der Waals surface area contributed by atoms with Crippen molar-refractivity contribution < 1.29 is 13.5 Å². The molecular weight excluding hydrogens is 378 g/mol. The summed E-state index contributed by atoms with van der Waals surface area (Å²) in [5, 5.41) is 0. The van der Waals surface area contributed by atoms with Crippen LogP contribution in [0, 0.1) is 41.2 Å². The van der Waals surface area contributed by atoms with Crippen LogP contribution in [-0.4, -0.2) is 6.61 Å². The molecule has 0 heterocycles. The van der Waals surface area contributed by atoms with Crippen molar-refractivity contribution in [1.82, 2.24) is 0 Å². The summed E-state index contributed by atoms with van der Waals surface area (Å²) >= 11 is 0. The smallest absolute Gasteiger partial charge is 0.200 e. The van der Waals surface area contributed by atoms with Gasteiger partial charge in [0.05, 0.1) is 6.61 Å². The van der Waals surface area contributed by atoms with Crippen LogP contribution in [0.15, 0.2) is 24.3 Å². The van der Waals surface area contributed by atoms with Gasteiger partial charge in [-0.1, -0.05) is 25.1 Å². The van der Waals surface area contributed by atoms with E-state index in [1.165, 1.54) is 38.5 Å². The van der Waals surface area contributed by atoms with Crippen molar-refractivity contribution in [3.63, 3.8) is 0 Å². The molecule has 0 radical (unpaired) electrons. The molecule has 166 valence electrons. The Labute approximate surface area is 181 Å². The van der Waals surface area contributed by atoms with Gasteiger partial charge in [0.15, 0.2) is 11.6 Å². The van der Waals surface area contributed by atoms with E-state index in [1.54, 1.807) is 19.1 Å². The Morgan fingerprint density at radius 2 is 1.40 bits per heavy atom. The van der Waals surface area contributed by atoms with Gasteiger partial charge in [-0.05, 0) is 118 Å². The van der Waals surface area contributed by atoms with Crippen molar-refractivity contribution in [3.05, 3.63) is 41.5 Å². The average Bonchev–Trinajstić information content (AvgIpc) is 2.78. The van der Waals surface area contributed by atoms with E-state index in [1.807, 2.05) is 0 Å². The van der Waals surface area contributed by atoms with Crippen LogP contribution in [0.25, 0.3) is 0 Å². The van der Waals surface area contributed by atoms with Crippen molar-refractivity contribution >= 4 is 0 Å². The number of rotatable bonds is 5. The highest BCUT2D eigenvalue weighted by Crippen LogP contribution is 2.46. The normalized spacial score (nSPS) is 34.7. The second kappa shape index (κ2) is 9.83. The lowest BCUT2D eigenvalue weighted by molar-refractivity contribution is 0.139. The van der Waals surface area contributed by atoms with Gasteiger partial charge in [-0.3, -0.25) is 0 Å². The Bertz CT molecular complexity index is 727. The zero-order valence-corrected chi connectivity index (χ0v) is 18.7. The molecule has 0 bridgehead atoms. The highest BCUT2D eigenvalue weighted by atomic mass is 19.2. The molecule has 30 heavy (non-hydrogen) atoms. The summed E-state index contributed by atoms with van der Waals surface area (Å²) in [6, 6.07) is 3.35. The van der Waals surface area contributed by atoms with Crippen LogP contribution in [0.2, 0.25) is 0 Å². The van der Waals surface area contributed by atoms with Gasteiger partial charge in [-0.2, -0.15) is 4.39 Å². The van der Waals surface area contributed by atoms with Crippen LogP contribution < -0.4 is 4.74 Å². The Morgan fingerprint density at radius 3 is 2.00 bits per heavy atom. The van der Waals surface area contributed by atoms with Gasteiger partial charge >= 0.3 is 0 Å². The molecule has 2 atom stereocenters. The Hall–Kier alpha value is -1.38. The predicted octanol–water partition coefficient (Wildman–Crippen LogP) is 8.05. The Morgan fingerprint density at radius 1 is 0.767 bits per heavy atom.